The van der Waals surface area contributed by atoms with Crippen LogP contribution < -0.4 is 0 Å². The predicted octanol–water partition coefficient (Wildman–Crippen LogP) is 7.78. The van der Waals surface area contributed by atoms with Gasteiger partial charge in [0.05, 0.1) is 35.9 Å². The van der Waals surface area contributed by atoms with Gasteiger partial charge in [0.25, 0.3) is 0 Å². The first-order chi connectivity index (χ1) is 19.3. The van der Waals surface area contributed by atoms with E-state index in [2.05, 4.69) is 4.90 Å². The molecule has 2 fully saturated rings. The fourth-order valence-corrected chi connectivity index (χ4v) is 6.13. The third-order valence-corrected chi connectivity index (χ3v) is 8.06. The molecule has 1 saturated heterocycles. The van der Waals surface area contributed by atoms with E-state index in [-0.39, 0.29) is 35.4 Å². The fraction of sp³-hybridized carbons (Fsp3) is 0.567. The van der Waals surface area contributed by atoms with Crippen molar-refractivity contribution in [3.8, 4) is 0 Å². The number of esters is 1. The number of alkyl halides is 6. The van der Waals surface area contributed by atoms with Gasteiger partial charge < -0.3 is 14.4 Å². The average molecular weight is 590 g/mol. The zero-order valence-electron chi connectivity index (χ0n) is 22.9. The molecular weight excluding hydrogens is 555 g/mol. The molecule has 1 heterocycles. The van der Waals surface area contributed by atoms with Crippen molar-refractivity contribution in [1.29, 1.82) is 0 Å². The highest BCUT2D eigenvalue weighted by atomic mass is 19.4. The molecule has 4 nitrogen and oxygen atoms in total. The molecule has 3 unspecified atom stereocenters. The minimum atomic E-state index is -4.96. The van der Waals surface area contributed by atoms with Crippen LogP contribution in [0.15, 0.2) is 42.5 Å². The van der Waals surface area contributed by atoms with Crippen LogP contribution in [0, 0.1) is 17.7 Å². The van der Waals surface area contributed by atoms with E-state index in [0.717, 1.165) is 24.9 Å². The molecule has 0 spiro atoms. The first-order valence-corrected chi connectivity index (χ1v) is 13.9. The van der Waals surface area contributed by atoms with Crippen molar-refractivity contribution in [3.63, 3.8) is 0 Å². The van der Waals surface area contributed by atoms with Gasteiger partial charge in [0.2, 0.25) is 0 Å². The molecule has 2 aromatic rings. The van der Waals surface area contributed by atoms with Crippen LogP contribution in [0.4, 0.5) is 30.7 Å². The van der Waals surface area contributed by atoms with Gasteiger partial charge in [-0.2, -0.15) is 26.3 Å². The first-order valence-electron chi connectivity index (χ1n) is 13.9. The smallest absolute Gasteiger partial charge is 0.416 e. The number of ether oxygens (including phenoxy) is 2. The monoisotopic (exact) mass is 589 g/mol. The van der Waals surface area contributed by atoms with Gasteiger partial charge in [-0.3, -0.25) is 4.79 Å². The standard InChI is InChI=1S/C30H34F7NO3/c1-3-40-28(39)21-5-4-12-38(17-21)16-20-8-11-26(27(20)19-6-9-25(31)10-7-19)41-18(2)22-13-23(29(32,33)34)15-24(14-22)30(35,36)37/h6-7,9-10,13-15,18,20-21,26-27H,3-5,8,11-12,16-17H2,1-2H3/t18-,20?,21+,26?,27?/m0/s1. The van der Waals surface area contributed by atoms with Crippen LogP contribution in [-0.4, -0.2) is 43.2 Å². The average Bonchev–Trinajstić information content (AvgIpc) is 3.29. The van der Waals surface area contributed by atoms with Gasteiger partial charge in [0.1, 0.15) is 5.82 Å². The fourth-order valence-electron chi connectivity index (χ4n) is 6.13. The van der Waals surface area contributed by atoms with E-state index in [1.807, 2.05) is 0 Å². The van der Waals surface area contributed by atoms with Gasteiger partial charge in [0.15, 0.2) is 0 Å². The van der Waals surface area contributed by atoms with Gasteiger partial charge in [0, 0.05) is 19.0 Å². The lowest BCUT2D eigenvalue weighted by molar-refractivity contribution is -0.150. The number of halogens is 7. The number of piperidine rings is 1. The molecule has 4 rings (SSSR count). The Balaban J connectivity index is 1.57. The normalized spacial score (nSPS) is 24.8. The molecule has 11 heteroatoms. The van der Waals surface area contributed by atoms with Gasteiger partial charge in [-0.05, 0) is 93.5 Å². The summed E-state index contributed by atoms with van der Waals surface area (Å²) in [6.45, 7) is 5.45. The Morgan fingerprint density at radius 1 is 0.976 bits per heavy atom. The van der Waals surface area contributed by atoms with E-state index in [4.69, 9.17) is 9.47 Å². The van der Waals surface area contributed by atoms with E-state index < -0.39 is 41.5 Å². The molecule has 1 aliphatic heterocycles. The number of rotatable bonds is 8. The van der Waals surface area contributed by atoms with E-state index in [1.165, 1.54) is 19.1 Å². The summed E-state index contributed by atoms with van der Waals surface area (Å²) in [5.41, 5.74) is -2.22. The molecule has 226 valence electrons. The molecule has 2 aliphatic rings. The van der Waals surface area contributed by atoms with Crippen molar-refractivity contribution in [2.75, 3.05) is 26.2 Å². The lowest BCUT2D eigenvalue weighted by Crippen LogP contribution is -2.42. The van der Waals surface area contributed by atoms with E-state index in [9.17, 15) is 35.5 Å². The summed E-state index contributed by atoms with van der Waals surface area (Å²) < 4.78 is 106. The topological polar surface area (TPSA) is 38.8 Å². The molecule has 41 heavy (non-hydrogen) atoms. The Hall–Kier alpha value is -2.66. The van der Waals surface area contributed by atoms with Crippen LogP contribution in [0.2, 0.25) is 0 Å². The van der Waals surface area contributed by atoms with Crippen LogP contribution in [-0.2, 0) is 26.6 Å². The van der Waals surface area contributed by atoms with Crippen molar-refractivity contribution in [2.24, 2.45) is 11.8 Å². The zero-order chi connectivity index (χ0) is 29.9. The second-order valence-electron chi connectivity index (χ2n) is 10.9. The largest absolute Gasteiger partial charge is 0.466 e. The van der Waals surface area contributed by atoms with Gasteiger partial charge in [-0.15, -0.1) is 0 Å². The van der Waals surface area contributed by atoms with Crippen LogP contribution in [0.1, 0.15) is 73.8 Å². The minimum absolute atomic E-state index is 0.0193. The van der Waals surface area contributed by atoms with Gasteiger partial charge in [-0.25, -0.2) is 4.39 Å². The second-order valence-corrected chi connectivity index (χ2v) is 10.9. The molecular formula is C30H34F7NO3. The summed E-state index contributed by atoms with van der Waals surface area (Å²) in [6, 6.07) is 7.43. The van der Waals surface area contributed by atoms with Gasteiger partial charge >= 0.3 is 18.3 Å². The lowest BCUT2D eigenvalue weighted by atomic mass is 9.86. The van der Waals surface area contributed by atoms with E-state index in [1.54, 1.807) is 19.1 Å². The number of benzene rings is 2. The number of nitrogens with zero attached hydrogens (tertiary/aromatic N) is 1. The van der Waals surface area contributed by atoms with E-state index >= 15 is 0 Å². The molecule has 0 radical (unpaired) electrons. The maximum atomic E-state index is 13.8. The quantitative estimate of drug-likeness (QED) is 0.233. The van der Waals surface area contributed by atoms with Crippen LogP contribution >= 0.6 is 0 Å². The number of likely N-dealkylation sites (tertiary alicyclic amines) is 1. The Labute approximate surface area is 234 Å². The molecule has 0 N–H and O–H groups in total. The van der Waals surface area contributed by atoms with Crippen molar-refractivity contribution in [2.45, 2.75) is 70.0 Å². The summed E-state index contributed by atoms with van der Waals surface area (Å²) in [5.74, 6) is -1.14. The second kappa shape index (κ2) is 12.7. The highest BCUT2D eigenvalue weighted by Gasteiger charge is 2.42. The Bertz CT molecular complexity index is 1150. The highest BCUT2D eigenvalue weighted by molar-refractivity contribution is 5.72. The first kappa shape index (κ1) is 31.3. The summed E-state index contributed by atoms with van der Waals surface area (Å²) in [5, 5.41) is 0. The molecule has 1 aliphatic carbocycles. The molecule has 0 aromatic heterocycles. The van der Waals surface area contributed by atoms with E-state index in [0.29, 0.717) is 44.7 Å². The molecule has 2 aromatic carbocycles. The molecule has 0 bridgehead atoms. The third-order valence-electron chi connectivity index (χ3n) is 8.06. The number of carbonyl (C=O) groups excluding carboxylic acids is 1. The van der Waals surface area contributed by atoms with Crippen molar-refractivity contribution in [1.82, 2.24) is 4.90 Å². The maximum absolute atomic E-state index is 13.8. The zero-order valence-corrected chi connectivity index (χ0v) is 22.9. The lowest BCUT2D eigenvalue weighted by Gasteiger charge is -2.35. The maximum Gasteiger partial charge on any atom is 0.416 e. The number of hydrogen-bond acceptors (Lipinski definition) is 4. The highest BCUT2D eigenvalue weighted by Crippen LogP contribution is 2.45. The molecule has 0 amide bonds. The predicted molar refractivity (Wildman–Crippen MR) is 137 cm³/mol. The van der Waals surface area contributed by atoms with Crippen LogP contribution in [0.5, 0.6) is 0 Å². The number of carbonyl (C=O) groups is 1. The Morgan fingerprint density at radius 3 is 2.20 bits per heavy atom. The van der Waals surface area contributed by atoms with Crippen molar-refractivity contribution < 1.29 is 45.0 Å². The number of hydrogen-bond donors (Lipinski definition) is 0. The Kier molecular flexibility index (Phi) is 9.68. The Morgan fingerprint density at radius 2 is 1.61 bits per heavy atom. The van der Waals surface area contributed by atoms with Crippen LogP contribution in [0.25, 0.3) is 0 Å². The summed E-state index contributed by atoms with van der Waals surface area (Å²) >= 11 is 0. The van der Waals surface area contributed by atoms with Gasteiger partial charge in [-0.1, -0.05) is 12.1 Å². The van der Waals surface area contributed by atoms with Crippen LogP contribution in [0.3, 0.4) is 0 Å². The summed E-state index contributed by atoms with van der Waals surface area (Å²) in [6.07, 6.45) is -8.72. The third kappa shape index (κ3) is 7.80. The van der Waals surface area contributed by atoms with Crippen molar-refractivity contribution in [3.05, 3.63) is 70.5 Å². The minimum Gasteiger partial charge on any atom is -0.466 e. The molecule has 1 saturated carbocycles. The molecule has 5 atom stereocenters. The summed E-state index contributed by atoms with van der Waals surface area (Å²) in [7, 11) is 0. The summed E-state index contributed by atoms with van der Waals surface area (Å²) in [4.78, 5) is 14.5. The SMILES string of the molecule is CCOC(=O)[C@@H]1CCCN(CC2CCC(O[C@@H](C)c3cc(C(F)(F)F)cc(C(F)(F)F)c3)C2c2ccc(F)cc2)C1. The van der Waals surface area contributed by atoms with Crippen molar-refractivity contribution >= 4 is 5.97 Å².